The lowest BCUT2D eigenvalue weighted by molar-refractivity contribution is -0.0117. The third-order valence-corrected chi connectivity index (χ3v) is 2.38. The molecule has 22 heavy (non-hydrogen) atoms. The fourth-order valence-electron chi connectivity index (χ4n) is 1.44. The number of amides is 1. The van der Waals surface area contributed by atoms with Gasteiger partial charge in [-0.15, -0.1) is 0 Å². The van der Waals surface area contributed by atoms with Crippen LogP contribution in [0.15, 0.2) is 0 Å². The van der Waals surface area contributed by atoms with Crippen LogP contribution in [0.3, 0.4) is 0 Å². The molecule has 3 N–H and O–H groups in total. The van der Waals surface area contributed by atoms with Gasteiger partial charge in [0.1, 0.15) is 11.8 Å². The summed E-state index contributed by atoms with van der Waals surface area (Å²) in [5.41, 5.74) is 5.27. The van der Waals surface area contributed by atoms with E-state index in [9.17, 15) is 4.79 Å². The number of hydrogen-bond acceptors (Lipinski definition) is 6. The van der Waals surface area contributed by atoms with Gasteiger partial charge in [0.25, 0.3) is 0 Å². The lowest BCUT2D eigenvalue weighted by Gasteiger charge is -2.20. The predicted octanol–water partition coefficient (Wildman–Crippen LogP) is 1.65. The number of carbonyl (C=O) groups is 1. The molecule has 132 valence electrons. The Hall–Kier alpha value is -0.890. The summed E-state index contributed by atoms with van der Waals surface area (Å²) in [5, 5.41) is 2.63. The minimum Gasteiger partial charge on any atom is -0.444 e. The molecule has 0 aromatic rings. The SMILES string of the molecule is CCCOCCOCCOC(N)CCNC(=O)OC(C)(C)C. The Morgan fingerprint density at radius 1 is 1.09 bits per heavy atom. The van der Waals surface area contributed by atoms with Crippen LogP contribution in [-0.4, -0.2) is 57.5 Å². The van der Waals surface area contributed by atoms with Crippen LogP contribution in [0.25, 0.3) is 0 Å². The van der Waals surface area contributed by atoms with Crippen LogP contribution >= 0.6 is 0 Å². The molecular weight excluding hydrogens is 288 g/mol. The van der Waals surface area contributed by atoms with Gasteiger partial charge in [-0.05, 0) is 27.2 Å². The predicted molar refractivity (Wildman–Crippen MR) is 84.7 cm³/mol. The Bertz CT molecular complexity index is 282. The number of nitrogens with one attached hydrogen (secondary N) is 1. The van der Waals surface area contributed by atoms with Crippen molar-refractivity contribution in [3.8, 4) is 0 Å². The monoisotopic (exact) mass is 320 g/mol. The third kappa shape index (κ3) is 15.5. The van der Waals surface area contributed by atoms with Crippen molar-refractivity contribution in [3.63, 3.8) is 0 Å². The molecular formula is C15H32N2O5. The molecule has 0 saturated heterocycles. The average Bonchev–Trinajstić information content (AvgIpc) is 2.39. The first-order valence-electron chi connectivity index (χ1n) is 7.84. The molecule has 0 bridgehead atoms. The molecule has 0 aromatic heterocycles. The van der Waals surface area contributed by atoms with E-state index in [0.29, 0.717) is 39.4 Å². The van der Waals surface area contributed by atoms with Crippen LogP contribution in [-0.2, 0) is 18.9 Å². The molecule has 1 unspecified atom stereocenters. The molecule has 7 nitrogen and oxygen atoms in total. The van der Waals surface area contributed by atoms with Crippen LogP contribution < -0.4 is 11.1 Å². The molecule has 0 aliphatic carbocycles. The van der Waals surface area contributed by atoms with Crippen molar-refractivity contribution in [3.05, 3.63) is 0 Å². The van der Waals surface area contributed by atoms with E-state index in [1.165, 1.54) is 0 Å². The highest BCUT2D eigenvalue weighted by Gasteiger charge is 2.15. The molecule has 0 aliphatic heterocycles. The van der Waals surface area contributed by atoms with E-state index in [1.54, 1.807) is 0 Å². The maximum absolute atomic E-state index is 11.4. The van der Waals surface area contributed by atoms with Crippen molar-refractivity contribution in [2.75, 3.05) is 39.6 Å². The van der Waals surface area contributed by atoms with Crippen LogP contribution in [0.5, 0.6) is 0 Å². The molecule has 0 fully saturated rings. The second kappa shape index (κ2) is 12.6. The maximum atomic E-state index is 11.4. The van der Waals surface area contributed by atoms with Crippen LogP contribution in [0.1, 0.15) is 40.5 Å². The molecule has 7 heteroatoms. The van der Waals surface area contributed by atoms with E-state index in [4.69, 9.17) is 24.7 Å². The van der Waals surface area contributed by atoms with E-state index in [0.717, 1.165) is 13.0 Å². The van der Waals surface area contributed by atoms with Gasteiger partial charge < -0.3 is 30.0 Å². The first-order chi connectivity index (χ1) is 10.3. The molecule has 0 heterocycles. The normalized spacial score (nSPS) is 13.0. The van der Waals surface area contributed by atoms with Crippen molar-refractivity contribution in [1.29, 1.82) is 0 Å². The first kappa shape index (κ1) is 21.1. The summed E-state index contributed by atoms with van der Waals surface area (Å²) < 4.78 is 21.1. The van der Waals surface area contributed by atoms with Crippen molar-refractivity contribution in [2.24, 2.45) is 5.73 Å². The van der Waals surface area contributed by atoms with Gasteiger partial charge in [-0.3, -0.25) is 0 Å². The molecule has 0 saturated carbocycles. The van der Waals surface area contributed by atoms with E-state index >= 15 is 0 Å². The Morgan fingerprint density at radius 2 is 1.68 bits per heavy atom. The summed E-state index contributed by atoms with van der Waals surface area (Å²) in [7, 11) is 0. The number of nitrogens with two attached hydrogens (primary N) is 1. The zero-order valence-corrected chi connectivity index (χ0v) is 14.4. The maximum Gasteiger partial charge on any atom is 0.407 e. The molecule has 0 aliphatic rings. The van der Waals surface area contributed by atoms with Crippen molar-refractivity contribution in [1.82, 2.24) is 5.32 Å². The molecule has 0 radical (unpaired) electrons. The number of rotatable bonds is 12. The second-order valence-corrected chi connectivity index (χ2v) is 5.85. The summed E-state index contributed by atoms with van der Waals surface area (Å²) in [6.07, 6.45) is 0.638. The van der Waals surface area contributed by atoms with Gasteiger partial charge in [0.05, 0.1) is 26.4 Å². The Balaban J connectivity index is 3.39. The van der Waals surface area contributed by atoms with Crippen molar-refractivity contribution < 1.29 is 23.7 Å². The molecule has 1 amide bonds. The van der Waals surface area contributed by atoms with Crippen LogP contribution in [0, 0.1) is 0 Å². The Morgan fingerprint density at radius 3 is 2.27 bits per heavy atom. The summed E-state index contributed by atoms with van der Waals surface area (Å²) in [5.74, 6) is 0. The van der Waals surface area contributed by atoms with Gasteiger partial charge >= 0.3 is 6.09 Å². The topological polar surface area (TPSA) is 92.0 Å². The van der Waals surface area contributed by atoms with Crippen molar-refractivity contribution in [2.45, 2.75) is 52.4 Å². The molecule has 0 spiro atoms. The third-order valence-electron chi connectivity index (χ3n) is 2.38. The Kier molecular flexibility index (Phi) is 12.1. The Labute approximate surface area is 133 Å². The van der Waals surface area contributed by atoms with Gasteiger partial charge in [0.2, 0.25) is 0 Å². The lowest BCUT2D eigenvalue weighted by atomic mass is 10.2. The summed E-state index contributed by atoms with van der Waals surface area (Å²) in [4.78, 5) is 11.4. The van der Waals surface area contributed by atoms with Crippen molar-refractivity contribution >= 4 is 6.09 Å². The smallest absolute Gasteiger partial charge is 0.407 e. The highest BCUT2D eigenvalue weighted by Crippen LogP contribution is 2.06. The van der Waals surface area contributed by atoms with Crippen LogP contribution in [0.4, 0.5) is 4.79 Å². The largest absolute Gasteiger partial charge is 0.444 e. The van der Waals surface area contributed by atoms with Gasteiger partial charge in [-0.25, -0.2) is 4.79 Å². The first-order valence-corrected chi connectivity index (χ1v) is 7.84. The average molecular weight is 320 g/mol. The fraction of sp³-hybridized carbons (Fsp3) is 0.933. The van der Waals surface area contributed by atoms with Gasteiger partial charge in [0, 0.05) is 19.6 Å². The van der Waals surface area contributed by atoms with Crippen LogP contribution in [0.2, 0.25) is 0 Å². The molecule has 1 atom stereocenters. The minimum atomic E-state index is -0.499. The zero-order valence-electron chi connectivity index (χ0n) is 14.4. The van der Waals surface area contributed by atoms with Gasteiger partial charge in [-0.1, -0.05) is 6.92 Å². The number of carbonyl (C=O) groups excluding carboxylic acids is 1. The number of ether oxygens (including phenoxy) is 4. The quantitative estimate of drug-likeness (QED) is 0.419. The summed E-state index contributed by atoms with van der Waals surface area (Å²) >= 11 is 0. The zero-order chi connectivity index (χ0) is 16.8. The highest BCUT2D eigenvalue weighted by molar-refractivity contribution is 5.67. The summed E-state index contributed by atoms with van der Waals surface area (Å²) in [6.45, 7) is 10.7. The van der Waals surface area contributed by atoms with E-state index in [-0.39, 0.29) is 0 Å². The van der Waals surface area contributed by atoms with E-state index < -0.39 is 17.9 Å². The fourth-order valence-corrected chi connectivity index (χ4v) is 1.44. The van der Waals surface area contributed by atoms with E-state index in [1.807, 2.05) is 20.8 Å². The van der Waals surface area contributed by atoms with Gasteiger partial charge in [0.15, 0.2) is 0 Å². The molecule has 0 rings (SSSR count). The minimum absolute atomic E-state index is 0.405. The summed E-state index contributed by atoms with van der Waals surface area (Å²) in [6, 6.07) is 0. The number of hydrogen-bond donors (Lipinski definition) is 2. The highest BCUT2D eigenvalue weighted by atomic mass is 16.6. The second-order valence-electron chi connectivity index (χ2n) is 5.85. The lowest BCUT2D eigenvalue weighted by Crippen LogP contribution is -2.36. The van der Waals surface area contributed by atoms with E-state index in [2.05, 4.69) is 12.2 Å². The van der Waals surface area contributed by atoms with Gasteiger partial charge in [-0.2, -0.15) is 0 Å². The number of alkyl carbamates (subject to hydrolysis) is 1. The standard InChI is InChI=1S/C15H32N2O5/c1-5-8-19-9-10-20-11-12-21-13(16)6-7-17-14(18)22-15(2,3)4/h13H,5-12,16H2,1-4H3,(H,17,18). The molecule has 0 aromatic carbocycles.